The van der Waals surface area contributed by atoms with Crippen LogP contribution in [-0.4, -0.2) is 42.9 Å². The molecule has 1 aliphatic rings. The molecule has 3 nitrogen and oxygen atoms in total. The van der Waals surface area contributed by atoms with E-state index in [0.717, 1.165) is 57.7 Å². The molecule has 0 bridgehead atoms. The summed E-state index contributed by atoms with van der Waals surface area (Å²) >= 11 is 0. The Bertz CT molecular complexity index is 475. The van der Waals surface area contributed by atoms with Gasteiger partial charge in [0.15, 0.2) is 0 Å². The van der Waals surface area contributed by atoms with Crippen molar-refractivity contribution in [3.8, 4) is 0 Å². The smallest absolute Gasteiger partial charge is 0.0920 e. The summed E-state index contributed by atoms with van der Waals surface area (Å²) in [6.45, 7) is 7.10. The van der Waals surface area contributed by atoms with Crippen LogP contribution in [0, 0.1) is 0 Å². The third-order valence-electron chi connectivity index (χ3n) is 5.90. The summed E-state index contributed by atoms with van der Waals surface area (Å²) < 4.78 is 5.80. The predicted octanol–water partition coefficient (Wildman–Crippen LogP) is 5.94. The van der Waals surface area contributed by atoms with Gasteiger partial charge in [-0.05, 0) is 31.2 Å². The Morgan fingerprint density at radius 2 is 1.43 bits per heavy atom. The van der Waals surface area contributed by atoms with Gasteiger partial charge in [0.25, 0.3) is 0 Å². The Labute approximate surface area is 179 Å². The van der Waals surface area contributed by atoms with E-state index < -0.39 is 5.60 Å². The largest absolute Gasteiger partial charge is 0.385 e. The van der Waals surface area contributed by atoms with Gasteiger partial charge in [0.05, 0.1) is 5.60 Å². The van der Waals surface area contributed by atoms with Crippen LogP contribution >= 0.6 is 12.4 Å². The van der Waals surface area contributed by atoms with Gasteiger partial charge in [0.1, 0.15) is 0 Å². The summed E-state index contributed by atoms with van der Waals surface area (Å²) in [6, 6.07) is 10.1. The number of rotatable bonds is 14. The monoisotopic (exact) mass is 411 g/mol. The second kappa shape index (κ2) is 15.3. The zero-order chi connectivity index (χ0) is 19.2. The van der Waals surface area contributed by atoms with E-state index in [1.807, 2.05) is 18.2 Å². The molecule has 4 heteroatoms. The van der Waals surface area contributed by atoms with E-state index in [9.17, 15) is 5.11 Å². The van der Waals surface area contributed by atoms with Crippen molar-refractivity contribution in [2.45, 2.75) is 83.2 Å². The number of hydrogen-bond acceptors (Lipinski definition) is 3. The maximum atomic E-state index is 10.9. The second-order valence-corrected chi connectivity index (χ2v) is 8.18. The molecule has 1 N–H and O–H groups in total. The Balaban J connectivity index is 0.00000392. The maximum Gasteiger partial charge on any atom is 0.0920 e. The van der Waals surface area contributed by atoms with Crippen molar-refractivity contribution in [3.63, 3.8) is 0 Å². The molecule has 0 amide bonds. The first kappa shape index (κ1) is 25.4. The van der Waals surface area contributed by atoms with Gasteiger partial charge in [-0.1, -0.05) is 82.2 Å². The highest BCUT2D eigenvalue weighted by Gasteiger charge is 2.33. The summed E-state index contributed by atoms with van der Waals surface area (Å²) in [7, 11) is 0. The lowest BCUT2D eigenvalue weighted by Gasteiger charge is -2.38. The van der Waals surface area contributed by atoms with Gasteiger partial charge < -0.3 is 14.7 Å². The molecular weight excluding hydrogens is 370 g/mol. The maximum absolute atomic E-state index is 10.9. The molecule has 1 heterocycles. The molecule has 1 aliphatic heterocycles. The van der Waals surface area contributed by atoms with E-state index in [1.165, 1.54) is 51.4 Å². The van der Waals surface area contributed by atoms with Gasteiger partial charge in [0, 0.05) is 32.8 Å². The van der Waals surface area contributed by atoms with Crippen LogP contribution in [0.4, 0.5) is 0 Å². The number of benzene rings is 1. The lowest BCUT2D eigenvalue weighted by Crippen LogP contribution is -2.43. The van der Waals surface area contributed by atoms with Crippen molar-refractivity contribution in [2.75, 3.05) is 32.8 Å². The molecule has 0 radical (unpaired) electrons. The van der Waals surface area contributed by atoms with Gasteiger partial charge in [-0.3, -0.25) is 0 Å². The Morgan fingerprint density at radius 1 is 0.857 bits per heavy atom. The minimum atomic E-state index is -0.634. The number of piperidine rings is 1. The minimum absolute atomic E-state index is 0. The van der Waals surface area contributed by atoms with Crippen LogP contribution in [0.15, 0.2) is 30.3 Å². The van der Waals surface area contributed by atoms with Crippen molar-refractivity contribution in [1.29, 1.82) is 0 Å². The van der Waals surface area contributed by atoms with Crippen molar-refractivity contribution in [1.82, 2.24) is 4.90 Å². The molecule has 28 heavy (non-hydrogen) atoms. The topological polar surface area (TPSA) is 32.7 Å². The number of aliphatic hydroxyl groups is 1. The van der Waals surface area contributed by atoms with Crippen molar-refractivity contribution < 1.29 is 9.84 Å². The van der Waals surface area contributed by atoms with Crippen molar-refractivity contribution in [2.24, 2.45) is 0 Å². The summed E-state index contributed by atoms with van der Waals surface area (Å²) in [5.41, 5.74) is 0.434. The normalized spacial score (nSPS) is 16.6. The predicted molar refractivity (Wildman–Crippen MR) is 121 cm³/mol. The molecule has 1 fully saturated rings. The van der Waals surface area contributed by atoms with Gasteiger partial charge >= 0.3 is 0 Å². The number of unbranched alkanes of at least 4 members (excludes halogenated alkanes) is 7. The SMILES string of the molecule is CCCCCCCCCCOCCCN1CCC(O)(c2ccccc2)CC1.Cl. The van der Waals surface area contributed by atoms with Crippen molar-refractivity contribution in [3.05, 3.63) is 35.9 Å². The fraction of sp³-hybridized carbons (Fsp3) is 0.750. The van der Waals surface area contributed by atoms with Crippen LogP contribution in [0.2, 0.25) is 0 Å². The first-order chi connectivity index (χ1) is 13.2. The lowest BCUT2D eigenvalue weighted by atomic mass is 9.84. The zero-order valence-corrected chi connectivity index (χ0v) is 18.7. The molecule has 1 aromatic rings. The van der Waals surface area contributed by atoms with E-state index in [0.29, 0.717) is 0 Å². The average Bonchev–Trinajstić information content (AvgIpc) is 2.71. The molecule has 0 spiro atoms. The third-order valence-corrected chi connectivity index (χ3v) is 5.90. The van der Waals surface area contributed by atoms with Crippen LogP contribution in [0.1, 0.15) is 83.1 Å². The number of halogens is 1. The van der Waals surface area contributed by atoms with Gasteiger partial charge in [0.2, 0.25) is 0 Å². The minimum Gasteiger partial charge on any atom is -0.385 e. The molecule has 0 saturated carbocycles. The van der Waals surface area contributed by atoms with Crippen LogP contribution in [0.3, 0.4) is 0 Å². The summed E-state index contributed by atoms with van der Waals surface area (Å²) in [4.78, 5) is 2.47. The van der Waals surface area contributed by atoms with Crippen LogP contribution in [-0.2, 0) is 10.3 Å². The van der Waals surface area contributed by atoms with Crippen LogP contribution < -0.4 is 0 Å². The molecule has 0 aromatic heterocycles. The average molecular weight is 412 g/mol. The Hall–Kier alpha value is -0.610. The Kier molecular flexibility index (Phi) is 13.9. The molecule has 0 atom stereocenters. The van der Waals surface area contributed by atoms with E-state index in [1.54, 1.807) is 0 Å². The quantitative estimate of drug-likeness (QED) is 0.384. The standard InChI is InChI=1S/C24H41NO2.ClH/c1-2-3-4-5-6-7-8-12-21-27-22-13-18-25-19-16-24(26,17-20-25)23-14-10-9-11-15-23;/h9-11,14-15,26H,2-8,12-13,16-22H2,1H3;1H. The second-order valence-electron chi connectivity index (χ2n) is 8.18. The van der Waals surface area contributed by atoms with Gasteiger partial charge in [-0.15, -0.1) is 12.4 Å². The highest BCUT2D eigenvalue weighted by atomic mass is 35.5. The fourth-order valence-corrected chi connectivity index (χ4v) is 4.01. The number of nitrogens with zero attached hydrogens (tertiary/aromatic N) is 1. The summed E-state index contributed by atoms with van der Waals surface area (Å²) in [5.74, 6) is 0. The summed E-state index contributed by atoms with van der Waals surface area (Å²) in [5, 5.41) is 10.9. The third kappa shape index (κ3) is 9.73. The molecule has 1 saturated heterocycles. The van der Waals surface area contributed by atoms with Crippen molar-refractivity contribution >= 4 is 12.4 Å². The van der Waals surface area contributed by atoms with Crippen LogP contribution in [0.5, 0.6) is 0 Å². The van der Waals surface area contributed by atoms with Gasteiger partial charge in [-0.25, -0.2) is 0 Å². The first-order valence-corrected chi connectivity index (χ1v) is 11.3. The number of ether oxygens (including phenoxy) is 1. The number of hydrogen-bond donors (Lipinski definition) is 1. The lowest BCUT2D eigenvalue weighted by molar-refractivity contribution is -0.0273. The highest BCUT2D eigenvalue weighted by Crippen LogP contribution is 2.32. The van der Waals surface area contributed by atoms with Gasteiger partial charge in [-0.2, -0.15) is 0 Å². The number of likely N-dealkylation sites (tertiary alicyclic amines) is 1. The molecule has 1 aromatic carbocycles. The molecule has 162 valence electrons. The summed E-state index contributed by atoms with van der Waals surface area (Å²) in [6.07, 6.45) is 13.6. The molecule has 0 unspecified atom stereocenters. The van der Waals surface area contributed by atoms with E-state index >= 15 is 0 Å². The highest BCUT2D eigenvalue weighted by molar-refractivity contribution is 5.85. The van der Waals surface area contributed by atoms with E-state index in [-0.39, 0.29) is 12.4 Å². The molecular formula is C24H42ClNO2. The van der Waals surface area contributed by atoms with E-state index in [2.05, 4.69) is 24.0 Å². The van der Waals surface area contributed by atoms with E-state index in [4.69, 9.17) is 4.74 Å². The first-order valence-electron chi connectivity index (χ1n) is 11.3. The Morgan fingerprint density at radius 3 is 2.07 bits per heavy atom. The fourth-order valence-electron chi connectivity index (χ4n) is 4.01. The molecule has 2 rings (SSSR count). The van der Waals surface area contributed by atoms with Crippen LogP contribution in [0.25, 0.3) is 0 Å². The molecule has 0 aliphatic carbocycles. The zero-order valence-electron chi connectivity index (χ0n) is 17.9.